The van der Waals surface area contributed by atoms with Crippen LogP contribution in [0.25, 0.3) is 10.8 Å². The van der Waals surface area contributed by atoms with Crippen molar-refractivity contribution in [3.8, 4) is 5.75 Å². The molecule has 0 aliphatic carbocycles. The van der Waals surface area contributed by atoms with Gasteiger partial charge in [0.05, 0.1) is 5.56 Å². The minimum atomic E-state index is -1.05. The van der Waals surface area contributed by atoms with Crippen LogP contribution >= 0.6 is 15.9 Å². The zero-order chi connectivity index (χ0) is 11.0. The predicted octanol–water partition coefficient (Wildman–Crippen LogP) is 3.01. The number of hydrogen-bond acceptors (Lipinski definition) is 2. The van der Waals surface area contributed by atoms with Gasteiger partial charge in [0.25, 0.3) is 0 Å². The average Bonchev–Trinajstić information content (AvgIpc) is 2.19. The molecule has 0 aliphatic heterocycles. The lowest BCUT2D eigenvalue weighted by Gasteiger charge is -2.04. The molecule has 76 valence electrons. The highest BCUT2D eigenvalue weighted by molar-refractivity contribution is 9.10. The first kappa shape index (κ1) is 9.98. The molecule has 0 saturated carbocycles. The largest absolute Gasteiger partial charge is 0.507 e. The summed E-state index contributed by atoms with van der Waals surface area (Å²) < 4.78 is 0.762. The quantitative estimate of drug-likeness (QED) is 0.834. The summed E-state index contributed by atoms with van der Waals surface area (Å²) in [6.45, 7) is 0. The molecule has 2 N–H and O–H groups in total. The SMILES string of the molecule is O=C(O)c1cc(O)c2cccc(Br)c2c1. The van der Waals surface area contributed by atoms with E-state index in [1.807, 2.05) is 0 Å². The molecule has 0 fully saturated rings. The number of benzene rings is 2. The van der Waals surface area contributed by atoms with Gasteiger partial charge >= 0.3 is 5.97 Å². The predicted molar refractivity (Wildman–Crippen MR) is 60.3 cm³/mol. The molecule has 2 rings (SSSR count). The van der Waals surface area contributed by atoms with Crippen LogP contribution in [0, 0.1) is 0 Å². The second-order valence-corrected chi connectivity index (χ2v) is 3.99. The molecule has 0 radical (unpaired) electrons. The Morgan fingerprint density at radius 2 is 1.93 bits per heavy atom. The van der Waals surface area contributed by atoms with Crippen LogP contribution in [-0.2, 0) is 0 Å². The van der Waals surface area contributed by atoms with Crippen molar-refractivity contribution in [3.63, 3.8) is 0 Å². The Labute approximate surface area is 94.1 Å². The van der Waals surface area contributed by atoms with E-state index in [9.17, 15) is 9.90 Å². The van der Waals surface area contributed by atoms with Gasteiger partial charge in [-0.1, -0.05) is 28.1 Å². The number of hydrogen-bond donors (Lipinski definition) is 2. The number of carboxylic acid groups (broad SMARTS) is 1. The summed E-state index contributed by atoms with van der Waals surface area (Å²) in [7, 11) is 0. The highest BCUT2D eigenvalue weighted by Crippen LogP contribution is 2.31. The van der Waals surface area contributed by atoms with Crippen molar-refractivity contribution >= 4 is 32.7 Å². The van der Waals surface area contributed by atoms with E-state index in [4.69, 9.17) is 5.11 Å². The number of phenols is 1. The molecule has 4 heteroatoms. The monoisotopic (exact) mass is 266 g/mol. The van der Waals surface area contributed by atoms with E-state index >= 15 is 0 Å². The lowest BCUT2D eigenvalue weighted by atomic mass is 10.1. The molecule has 0 amide bonds. The summed E-state index contributed by atoms with van der Waals surface area (Å²) in [5.74, 6) is -1.07. The van der Waals surface area contributed by atoms with Gasteiger partial charge < -0.3 is 10.2 Å². The first-order valence-corrected chi connectivity index (χ1v) is 5.03. The summed E-state index contributed by atoms with van der Waals surface area (Å²) in [6, 6.07) is 8.10. The molecule has 0 unspecified atom stereocenters. The van der Waals surface area contributed by atoms with E-state index in [1.54, 1.807) is 18.2 Å². The van der Waals surface area contributed by atoms with E-state index < -0.39 is 5.97 Å². The highest BCUT2D eigenvalue weighted by atomic mass is 79.9. The fraction of sp³-hybridized carbons (Fsp3) is 0. The Balaban J connectivity index is 2.85. The Kier molecular flexibility index (Phi) is 2.36. The molecular formula is C11H7BrO3. The minimum absolute atomic E-state index is 0.0220. The molecule has 2 aromatic carbocycles. The van der Waals surface area contributed by atoms with Crippen LogP contribution in [-0.4, -0.2) is 16.2 Å². The second kappa shape index (κ2) is 3.55. The fourth-order valence-electron chi connectivity index (χ4n) is 1.45. The number of fused-ring (bicyclic) bond motifs is 1. The van der Waals surface area contributed by atoms with Gasteiger partial charge in [0.15, 0.2) is 0 Å². The first-order valence-electron chi connectivity index (χ1n) is 4.24. The van der Waals surface area contributed by atoms with Crippen LogP contribution in [0.2, 0.25) is 0 Å². The van der Waals surface area contributed by atoms with Gasteiger partial charge in [-0.25, -0.2) is 4.79 Å². The molecular weight excluding hydrogens is 260 g/mol. The topological polar surface area (TPSA) is 57.5 Å². The summed E-state index contributed by atoms with van der Waals surface area (Å²) in [5.41, 5.74) is 0.0758. The van der Waals surface area contributed by atoms with Crippen molar-refractivity contribution in [2.24, 2.45) is 0 Å². The summed E-state index contributed by atoms with van der Waals surface area (Å²) >= 11 is 3.31. The van der Waals surface area contributed by atoms with Gasteiger partial charge in [0.2, 0.25) is 0 Å². The van der Waals surface area contributed by atoms with E-state index in [0.29, 0.717) is 10.8 Å². The van der Waals surface area contributed by atoms with Crippen LogP contribution in [0.1, 0.15) is 10.4 Å². The van der Waals surface area contributed by atoms with Crippen LogP contribution < -0.4 is 0 Å². The standard InChI is InChI=1S/C11H7BrO3/c12-9-3-1-2-7-8(9)4-6(11(14)15)5-10(7)13/h1-5,13H,(H,14,15). The molecule has 0 aliphatic rings. The molecule has 3 nitrogen and oxygen atoms in total. The van der Waals surface area contributed by atoms with Crippen LogP contribution in [0.5, 0.6) is 5.75 Å². The Hall–Kier alpha value is -1.55. The molecule has 0 atom stereocenters. The molecule has 2 aromatic rings. The Morgan fingerprint density at radius 3 is 2.60 bits per heavy atom. The summed E-state index contributed by atoms with van der Waals surface area (Å²) in [5, 5.41) is 19.8. The van der Waals surface area contributed by atoms with E-state index in [-0.39, 0.29) is 11.3 Å². The van der Waals surface area contributed by atoms with Gasteiger partial charge in [-0.05, 0) is 18.2 Å². The third-order valence-electron chi connectivity index (χ3n) is 2.17. The lowest BCUT2D eigenvalue weighted by Crippen LogP contribution is -1.95. The lowest BCUT2D eigenvalue weighted by molar-refractivity contribution is 0.0696. The number of rotatable bonds is 1. The number of carboxylic acids is 1. The molecule has 0 aromatic heterocycles. The first-order chi connectivity index (χ1) is 7.09. The zero-order valence-electron chi connectivity index (χ0n) is 7.57. The average molecular weight is 267 g/mol. The van der Waals surface area contributed by atoms with E-state index in [1.165, 1.54) is 12.1 Å². The molecule has 0 heterocycles. The Bertz CT molecular complexity index is 549. The van der Waals surface area contributed by atoms with Crippen LogP contribution in [0.4, 0.5) is 0 Å². The van der Waals surface area contributed by atoms with Crippen molar-refractivity contribution in [3.05, 3.63) is 40.4 Å². The second-order valence-electron chi connectivity index (χ2n) is 3.14. The van der Waals surface area contributed by atoms with Crippen molar-refractivity contribution in [1.82, 2.24) is 0 Å². The molecule has 0 bridgehead atoms. The van der Waals surface area contributed by atoms with Gasteiger partial charge in [-0.15, -0.1) is 0 Å². The summed E-state index contributed by atoms with van der Waals surface area (Å²) in [4.78, 5) is 10.8. The van der Waals surface area contributed by atoms with Gasteiger partial charge in [-0.2, -0.15) is 0 Å². The molecule has 0 spiro atoms. The molecule has 15 heavy (non-hydrogen) atoms. The third kappa shape index (κ3) is 1.68. The normalized spacial score (nSPS) is 10.5. The highest BCUT2D eigenvalue weighted by Gasteiger charge is 2.09. The fourth-order valence-corrected chi connectivity index (χ4v) is 1.93. The van der Waals surface area contributed by atoms with Crippen LogP contribution in [0.3, 0.4) is 0 Å². The van der Waals surface area contributed by atoms with Gasteiger partial charge in [0.1, 0.15) is 5.75 Å². The van der Waals surface area contributed by atoms with Crippen molar-refractivity contribution < 1.29 is 15.0 Å². The number of phenolic OH excluding ortho intramolecular Hbond substituents is 1. The number of carbonyl (C=O) groups is 1. The number of aromatic carboxylic acids is 1. The zero-order valence-corrected chi connectivity index (χ0v) is 9.15. The van der Waals surface area contributed by atoms with Crippen molar-refractivity contribution in [1.29, 1.82) is 0 Å². The smallest absolute Gasteiger partial charge is 0.335 e. The summed E-state index contributed by atoms with van der Waals surface area (Å²) in [6.07, 6.45) is 0. The third-order valence-corrected chi connectivity index (χ3v) is 2.86. The van der Waals surface area contributed by atoms with Gasteiger partial charge in [0, 0.05) is 15.2 Å². The van der Waals surface area contributed by atoms with Crippen molar-refractivity contribution in [2.75, 3.05) is 0 Å². The maximum Gasteiger partial charge on any atom is 0.335 e. The number of halogens is 1. The number of aromatic hydroxyl groups is 1. The maximum atomic E-state index is 10.8. The van der Waals surface area contributed by atoms with E-state index in [0.717, 1.165) is 4.47 Å². The molecule has 0 saturated heterocycles. The van der Waals surface area contributed by atoms with Crippen LogP contribution in [0.15, 0.2) is 34.8 Å². The van der Waals surface area contributed by atoms with E-state index in [2.05, 4.69) is 15.9 Å². The minimum Gasteiger partial charge on any atom is -0.507 e. The van der Waals surface area contributed by atoms with Gasteiger partial charge in [-0.3, -0.25) is 0 Å². The maximum absolute atomic E-state index is 10.8. The van der Waals surface area contributed by atoms with Crippen molar-refractivity contribution in [2.45, 2.75) is 0 Å². The Morgan fingerprint density at radius 1 is 1.20 bits per heavy atom.